The fraction of sp³-hybridized carbons (Fsp3) is 0.364. The van der Waals surface area contributed by atoms with E-state index in [0.29, 0.717) is 11.4 Å². The zero-order valence-corrected chi connectivity index (χ0v) is 10.7. The van der Waals surface area contributed by atoms with Crippen molar-refractivity contribution in [2.45, 2.75) is 13.0 Å². The van der Waals surface area contributed by atoms with E-state index >= 15 is 0 Å². The van der Waals surface area contributed by atoms with E-state index in [-0.39, 0.29) is 10.9 Å². The van der Waals surface area contributed by atoms with Crippen LogP contribution in [-0.4, -0.2) is 30.9 Å². The molecular weight excluding hydrogens is 245 g/mol. The zero-order chi connectivity index (χ0) is 13.2. The molecule has 0 fully saturated rings. The van der Waals surface area contributed by atoms with Crippen molar-refractivity contribution in [1.82, 2.24) is 4.90 Å². The number of amides is 1. The number of anilines is 2. The minimum Gasteiger partial charge on any atom is -0.397 e. The normalized spacial score (nSPS) is 12.1. The molecule has 17 heavy (non-hydrogen) atoms. The Kier molecular flexibility index (Phi) is 4.17. The van der Waals surface area contributed by atoms with Crippen molar-refractivity contribution in [2.75, 3.05) is 25.1 Å². The van der Waals surface area contributed by atoms with Crippen LogP contribution in [0, 0.1) is 5.82 Å². The molecule has 1 unspecified atom stereocenters. The molecule has 1 aromatic carbocycles. The number of likely N-dealkylation sites (N-methyl/N-ethyl adjacent to an activating group) is 1. The van der Waals surface area contributed by atoms with Gasteiger partial charge in [-0.25, -0.2) is 4.39 Å². The van der Waals surface area contributed by atoms with Gasteiger partial charge in [-0.15, -0.1) is 0 Å². The van der Waals surface area contributed by atoms with Gasteiger partial charge in [-0.05, 0) is 13.0 Å². The molecule has 0 aliphatic heterocycles. The fourth-order valence-electron chi connectivity index (χ4n) is 1.37. The van der Waals surface area contributed by atoms with Crippen molar-refractivity contribution in [3.8, 4) is 0 Å². The third-order valence-electron chi connectivity index (χ3n) is 2.28. The van der Waals surface area contributed by atoms with E-state index in [1.165, 1.54) is 17.0 Å². The van der Waals surface area contributed by atoms with Crippen LogP contribution in [0.25, 0.3) is 0 Å². The van der Waals surface area contributed by atoms with E-state index in [1.807, 2.05) is 0 Å². The maximum atomic E-state index is 13.2. The quantitative estimate of drug-likeness (QED) is 0.816. The molecule has 0 saturated carbocycles. The third-order valence-corrected chi connectivity index (χ3v) is 2.57. The van der Waals surface area contributed by atoms with Gasteiger partial charge in [-0.3, -0.25) is 4.79 Å². The number of hydrogen-bond acceptors (Lipinski definition) is 3. The Balaban J connectivity index is 2.89. The van der Waals surface area contributed by atoms with Gasteiger partial charge in [0.15, 0.2) is 0 Å². The molecule has 1 atom stereocenters. The summed E-state index contributed by atoms with van der Waals surface area (Å²) < 4.78 is 13.2. The molecule has 94 valence electrons. The molecule has 6 heteroatoms. The lowest BCUT2D eigenvalue weighted by Crippen LogP contribution is -2.36. The first-order valence-electron chi connectivity index (χ1n) is 5.05. The summed E-state index contributed by atoms with van der Waals surface area (Å²) in [6.07, 6.45) is 0. The maximum Gasteiger partial charge on any atom is 0.244 e. The van der Waals surface area contributed by atoms with Crippen LogP contribution in [0.4, 0.5) is 15.8 Å². The second kappa shape index (κ2) is 5.23. The zero-order valence-electron chi connectivity index (χ0n) is 9.92. The van der Waals surface area contributed by atoms with Gasteiger partial charge in [0.25, 0.3) is 0 Å². The van der Waals surface area contributed by atoms with E-state index in [1.54, 1.807) is 21.0 Å². The number of rotatable bonds is 3. The molecule has 0 spiro atoms. The lowest BCUT2D eigenvalue weighted by molar-refractivity contribution is -0.129. The summed E-state index contributed by atoms with van der Waals surface area (Å²) in [5.74, 6) is -0.701. The molecule has 1 aromatic rings. The number of nitrogens with one attached hydrogen (secondary N) is 1. The smallest absolute Gasteiger partial charge is 0.244 e. The summed E-state index contributed by atoms with van der Waals surface area (Å²) >= 11 is 5.58. The lowest BCUT2D eigenvalue weighted by atomic mass is 10.2. The van der Waals surface area contributed by atoms with Gasteiger partial charge in [0.2, 0.25) is 5.91 Å². The van der Waals surface area contributed by atoms with Crippen LogP contribution >= 0.6 is 11.6 Å². The van der Waals surface area contributed by atoms with E-state index in [4.69, 9.17) is 17.3 Å². The highest BCUT2D eigenvalue weighted by molar-refractivity contribution is 6.31. The highest BCUT2D eigenvalue weighted by Gasteiger charge is 2.16. The summed E-state index contributed by atoms with van der Waals surface area (Å²) in [5, 5.41) is 2.80. The Labute approximate surface area is 105 Å². The van der Waals surface area contributed by atoms with Gasteiger partial charge in [0.05, 0.1) is 16.4 Å². The standard InChI is InChI=1S/C11H15ClFN3O/c1-6(11(17)16(2)3)15-10-5-8(13)7(12)4-9(10)14/h4-6,15H,14H2,1-3H3. The predicted molar refractivity (Wildman–Crippen MR) is 67.6 cm³/mol. The molecule has 1 rings (SSSR count). The van der Waals surface area contributed by atoms with Crippen LogP contribution < -0.4 is 11.1 Å². The number of nitrogens with two attached hydrogens (primary N) is 1. The lowest BCUT2D eigenvalue weighted by Gasteiger charge is -2.20. The van der Waals surface area contributed by atoms with Crippen LogP contribution in [0.2, 0.25) is 5.02 Å². The van der Waals surface area contributed by atoms with Crippen molar-refractivity contribution < 1.29 is 9.18 Å². The topological polar surface area (TPSA) is 58.4 Å². The number of nitrogen functional groups attached to an aromatic ring is 1. The van der Waals surface area contributed by atoms with Crippen molar-refractivity contribution in [3.63, 3.8) is 0 Å². The Hall–Kier alpha value is -1.49. The number of hydrogen-bond donors (Lipinski definition) is 2. The predicted octanol–water partition coefficient (Wildman–Crippen LogP) is 1.95. The number of carbonyl (C=O) groups excluding carboxylic acids is 1. The monoisotopic (exact) mass is 259 g/mol. The van der Waals surface area contributed by atoms with E-state index in [0.717, 1.165) is 0 Å². The second-order valence-electron chi connectivity index (χ2n) is 3.95. The molecule has 4 nitrogen and oxygen atoms in total. The van der Waals surface area contributed by atoms with Crippen molar-refractivity contribution >= 4 is 28.9 Å². The van der Waals surface area contributed by atoms with E-state index < -0.39 is 11.9 Å². The molecular formula is C11H15ClFN3O. The van der Waals surface area contributed by atoms with Gasteiger partial charge in [-0.1, -0.05) is 11.6 Å². The Morgan fingerprint density at radius 2 is 2.12 bits per heavy atom. The first kappa shape index (κ1) is 13.6. The molecule has 0 heterocycles. The average molecular weight is 260 g/mol. The first-order valence-corrected chi connectivity index (χ1v) is 5.43. The average Bonchev–Trinajstić information content (AvgIpc) is 2.24. The van der Waals surface area contributed by atoms with E-state index in [2.05, 4.69) is 5.32 Å². The SMILES string of the molecule is CC(Nc1cc(F)c(Cl)cc1N)C(=O)N(C)C. The Morgan fingerprint density at radius 1 is 1.53 bits per heavy atom. The third kappa shape index (κ3) is 3.23. The molecule has 0 aliphatic rings. The number of halogens is 2. The summed E-state index contributed by atoms with van der Waals surface area (Å²) in [6.45, 7) is 1.67. The van der Waals surface area contributed by atoms with Crippen LogP contribution in [0.15, 0.2) is 12.1 Å². The second-order valence-corrected chi connectivity index (χ2v) is 4.36. The highest BCUT2D eigenvalue weighted by atomic mass is 35.5. The molecule has 3 N–H and O–H groups in total. The van der Waals surface area contributed by atoms with Crippen molar-refractivity contribution in [2.24, 2.45) is 0 Å². The maximum absolute atomic E-state index is 13.2. The molecule has 0 radical (unpaired) electrons. The van der Waals surface area contributed by atoms with Gasteiger partial charge in [0.1, 0.15) is 11.9 Å². The fourth-order valence-corrected chi connectivity index (χ4v) is 1.54. The summed E-state index contributed by atoms with van der Waals surface area (Å²) in [4.78, 5) is 13.1. The van der Waals surface area contributed by atoms with Gasteiger partial charge in [-0.2, -0.15) is 0 Å². The summed E-state index contributed by atoms with van der Waals surface area (Å²) in [6, 6.07) is 2.00. The first-order chi connectivity index (χ1) is 7.82. The highest BCUT2D eigenvalue weighted by Crippen LogP contribution is 2.26. The van der Waals surface area contributed by atoms with Crippen molar-refractivity contribution in [1.29, 1.82) is 0 Å². The molecule has 1 amide bonds. The number of nitrogens with zero attached hydrogens (tertiary/aromatic N) is 1. The van der Waals surface area contributed by atoms with Crippen LogP contribution in [0.5, 0.6) is 0 Å². The number of benzene rings is 1. The summed E-state index contributed by atoms with van der Waals surface area (Å²) in [7, 11) is 3.29. The minimum absolute atomic E-state index is 0.0420. The van der Waals surface area contributed by atoms with Crippen LogP contribution in [0.1, 0.15) is 6.92 Å². The summed E-state index contributed by atoms with van der Waals surface area (Å²) in [5.41, 5.74) is 6.33. The van der Waals surface area contributed by atoms with Crippen LogP contribution in [-0.2, 0) is 4.79 Å². The minimum atomic E-state index is -0.576. The molecule has 0 aromatic heterocycles. The van der Waals surface area contributed by atoms with Gasteiger partial charge < -0.3 is 16.0 Å². The molecule has 0 aliphatic carbocycles. The van der Waals surface area contributed by atoms with E-state index in [9.17, 15) is 9.18 Å². The van der Waals surface area contributed by atoms with Crippen LogP contribution in [0.3, 0.4) is 0 Å². The van der Waals surface area contributed by atoms with Gasteiger partial charge in [0, 0.05) is 20.2 Å². The molecule has 0 bridgehead atoms. The Bertz CT molecular complexity index is 437. The largest absolute Gasteiger partial charge is 0.397 e. The van der Waals surface area contributed by atoms with Crippen molar-refractivity contribution in [3.05, 3.63) is 23.0 Å². The number of carbonyl (C=O) groups is 1. The molecule has 0 saturated heterocycles. The Morgan fingerprint density at radius 3 is 2.65 bits per heavy atom. The van der Waals surface area contributed by atoms with Gasteiger partial charge >= 0.3 is 0 Å².